The molecule has 0 bridgehead atoms. The molecular formula is C20H19N5O2S2. The van der Waals surface area contributed by atoms with E-state index in [-0.39, 0.29) is 0 Å². The van der Waals surface area contributed by atoms with E-state index in [0.29, 0.717) is 24.5 Å². The Balaban J connectivity index is 1.35. The van der Waals surface area contributed by atoms with Crippen molar-refractivity contribution in [2.45, 2.75) is 19.8 Å². The smallest absolute Gasteiger partial charge is 0.313 e. The van der Waals surface area contributed by atoms with Crippen molar-refractivity contribution in [3.05, 3.63) is 58.4 Å². The van der Waals surface area contributed by atoms with E-state index in [9.17, 15) is 9.59 Å². The maximum absolute atomic E-state index is 12.2. The molecule has 1 aromatic carbocycles. The number of fused-ring (bicyclic) bond motifs is 1. The number of carbonyl (C=O) groups is 2. The van der Waals surface area contributed by atoms with Crippen molar-refractivity contribution >= 4 is 45.1 Å². The van der Waals surface area contributed by atoms with Crippen molar-refractivity contribution in [2.75, 3.05) is 11.9 Å². The molecule has 0 unspecified atom stereocenters. The van der Waals surface area contributed by atoms with Gasteiger partial charge in [0.05, 0.1) is 10.6 Å². The first kappa shape index (κ1) is 19.3. The molecule has 0 radical (unpaired) electrons. The van der Waals surface area contributed by atoms with Crippen molar-refractivity contribution in [3.8, 4) is 10.7 Å². The van der Waals surface area contributed by atoms with E-state index < -0.39 is 11.8 Å². The first-order chi connectivity index (χ1) is 14.2. The fourth-order valence-corrected chi connectivity index (χ4v) is 4.43. The van der Waals surface area contributed by atoms with E-state index in [1.54, 1.807) is 21.9 Å². The average molecular weight is 426 g/mol. The Bertz CT molecular complexity index is 1150. The second-order valence-corrected chi connectivity index (χ2v) is 8.09. The number of hydrogen-bond acceptors (Lipinski definition) is 6. The van der Waals surface area contributed by atoms with Gasteiger partial charge in [0.2, 0.25) is 4.96 Å². The molecule has 0 aliphatic heterocycles. The number of anilines is 1. The molecule has 0 aliphatic carbocycles. The third kappa shape index (κ3) is 4.20. The lowest BCUT2D eigenvalue weighted by Gasteiger charge is -2.09. The lowest BCUT2D eigenvalue weighted by Crippen LogP contribution is -2.36. The van der Waals surface area contributed by atoms with Crippen molar-refractivity contribution < 1.29 is 9.59 Å². The van der Waals surface area contributed by atoms with Crippen molar-refractivity contribution in [2.24, 2.45) is 0 Å². The van der Waals surface area contributed by atoms with Gasteiger partial charge in [0.1, 0.15) is 0 Å². The first-order valence-corrected chi connectivity index (χ1v) is 11.0. The topological polar surface area (TPSA) is 88.4 Å². The number of rotatable bonds is 6. The highest BCUT2D eigenvalue weighted by molar-refractivity contribution is 7.15. The summed E-state index contributed by atoms with van der Waals surface area (Å²) in [6.07, 6.45) is 1.33. The number of hydrogen-bond donors (Lipinski definition) is 2. The molecule has 4 aromatic rings. The first-order valence-electron chi connectivity index (χ1n) is 9.20. The van der Waals surface area contributed by atoms with Crippen molar-refractivity contribution in [1.29, 1.82) is 0 Å². The minimum absolute atomic E-state index is 0.335. The molecule has 2 N–H and O–H groups in total. The lowest BCUT2D eigenvalue weighted by atomic mass is 10.1. The second-order valence-electron chi connectivity index (χ2n) is 6.30. The van der Waals surface area contributed by atoms with Crippen LogP contribution in [0.2, 0.25) is 0 Å². The fraction of sp³-hybridized carbons (Fsp3) is 0.200. The third-order valence-corrected chi connectivity index (χ3v) is 6.14. The highest BCUT2D eigenvalue weighted by atomic mass is 32.1. The monoisotopic (exact) mass is 425 g/mol. The zero-order chi connectivity index (χ0) is 20.2. The summed E-state index contributed by atoms with van der Waals surface area (Å²) in [7, 11) is 0. The average Bonchev–Trinajstić information content (AvgIpc) is 3.46. The molecule has 148 valence electrons. The van der Waals surface area contributed by atoms with E-state index in [4.69, 9.17) is 0 Å². The molecule has 2 amide bonds. The van der Waals surface area contributed by atoms with Gasteiger partial charge < -0.3 is 10.6 Å². The Morgan fingerprint density at radius 1 is 1.10 bits per heavy atom. The number of nitrogens with one attached hydrogen (secondary N) is 2. The summed E-state index contributed by atoms with van der Waals surface area (Å²) in [5, 5.41) is 13.9. The Hall–Kier alpha value is -3.04. The third-order valence-electron chi connectivity index (χ3n) is 4.41. The van der Waals surface area contributed by atoms with Gasteiger partial charge in [-0.05, 0) is 29.5 Å². The van der Waals surface area contributed by atoms with Gasteiger partial charge in [0, 0.05) is 24.0 Å². The van der Waals surface area contributed by atoms with Gasteiger partial charge in [0.15, 0.2) is 5.82 Å². The number of thiophene rings is 1. The summed E-state index contributed by atoms with van der Waals surface area (Å²) in [5.74, 6) is -0.617. The number of amides is 2. The van der Waals surface area contributed by atoms with Gasteiger partial charge in [-0.2, -0.15) is 4.98 Å². The summed E-state index contributed by atoms with van der Waals surface area (Å²) in [6, 6.07) is 11.4. The Kier molecular flexibility index (Phi) is 5.68. The van der Waals surface area contributed by atoms with Gasteiger partial charge in [-0.3, -0.25) is 9.59 Å². The highest BCUT2D eigenvalue weighted by Gasteiger charge is 2.16. The molecule has 3 heterocycles. The van der Waals surface area contributed by atoms with Crippen LogP contribution in [-0.2, 0) is 22.4 Å². The van der Waals surface area contributed by atoms with E-state index in [1.807, 2.05) is 48.0 Å². The summed E-state index contributed by atoms with van der Waals surface area (Å²) in [4.78, 5) is 30.7. The van der Waals surface area contributed by atoms with Crippen LogP contribution >= 0.6 is 22.7 Å². The molecule has 0 saturated heterocycles. The van der Waals surface area contributed by atoms with E-state index >= 15 is 0 Å². The van der Waals surface area contributed by atoms with Crippen LogP contribution < -0.4 is 10.6 Å². The Labute approximate surface area is 175 Å². The second kappa shape index (κ2) is 8.54. The van der Waals surface area contributed by atoms with Gasteiger partial charge in [-0.1, -0.05) is 31.2 Å². The maximum Gasteiger partial charge on any atom is 0.313 e. The predicted octanol–water partition coefficient (Wildman–Crippen LogP) is 3.38. The minimum atomic E-state index is -0.665. The zero-order valence-electron chi connectivity index (χ0n) is 15.7. The SMILES string of the molecule is CCc1ccccc1NC(=O)C(=O)NCCc1csc2nc(-c3cccs3)nn12. The number of aryl methyl sites for hydroxylation is 1. The summed E-state index contributed by atoms with van der Waals surface area (Å²) >= 11 is 3.10. The van der Waals surface area contributed by atoms with E-state index in [1.165, 1.54) is 11.3 Å². The zero-order valence-corrected chi connectivity index (χ0v) is 17.3. The van der Waals surface area contributed by atoms with Crippen LogP contribution in [0.4, 0.5) is 5.69 Å². The van der Waals surface area contributed by atoms with Crippen LogP contribution in [0.3, 0.4) is 0 Å². The number of benzene rings is 1. The number of thiazole rings is 1. The molecule has 0 aliphatic rings. The van der Waals surface area contributed by atoms with E-state index in [2.05, 4.69) is 20.7 Å². The largest absolute Gasteiger partial charge is 0.347 e. The van der Waals surface area contributed by atoms with E-state index in [0.717, 1.165) is 27.5 Å². The van der Waals surface area contributed by atoms with Crippen LogP contribution in [0, 0.1) is 0 Å². The summed E-state index contributed by atoms with van der Waals surface area (Å²) in [5.41, 5.74) is 2.60. The van der Waals surface area contributed by atoms with Gasteiger partial charge in [-0.25, -0.2) is 4.52 Å². The molecule has 0 atom stereocenters. The van der Waals surface area contributed by atoms with Crippen LogP contribution in [0.25, 0.3) is 15.7 Å². The van der Waals surface area contributed by atoms with Crippen LogP contribution in [-0.4, -0.2) is 33.0 Å². The number of carbonyl (C=O) groups excluding carboxylic acids is 2. The molecule has 7 nitrogen and oxygen atoms in total. The highest BCUT2D eigenvalue weighted by Crippen LogP contribution is 2.24. The number of para-hydroxylation sites is 1. The van der Waals surface area contributed by atoms with Crippen LogP contribution in [0.15, 0.2) is 47.2 Å². The lowest BCUT2D eigenvalue weighted by molar-refractivity contribution is -0.136. The Morgan fingerprint density at radius 2 is 1.97 bits per heavy atom. The van der Waals surface area contributed by atoms with Gasteiger partial charge in [-0.15, -0.1) is 27.8 Å². The fourth-order valence-electron chi connectivity index (χ4n) is 2.92. The molecule has 4 rings (SSSR count). The van der Waals surface area contributed by atoms with Crippen LogP contribution in [0.5, 0.6) is 0 Å². The molecular weight excluding hydrogens is 406 g/mol. The summed E-state index contributed by atoms with van der Waals surface area (Å²) < 4.78 is 1.80. The van der Waals surface area contributed by atoms with Gasteiger partial charge in [0.25, 0.3) is 0 Å². The van der Waals surface area contributed by atoms with Crippen molar-refractivity contribution in [3.63, 3.8) is 0 Å². The standard InChI is InChI=1S/C20H19N5O2S2/c1-2-13-6-3-4-7-15(13)22-19(27)18(26)21-10-9-14-12-29-20-23-17(24-25(14)20)16-8-5-11-28-16/h3-8,11-12H,2,9-10H2,1H3,(H,21,26)(H,22,27). The maximum atomic E-state index is 12.2. The van der Waals surface area contributed by atoms with Crippen LogP contribution in [0.1, 0.15) is 18.2 Å². The molecule has 9 heteroatoms. The molecule has 3 aromatic heterocycles. The minimum Gasteiger partial charge on any atom is -0.347 e. The Morgan fingerprint density at radius 3 is 2.76 bits per heavy atom. The predicted molar refractivity (Wildman–Crippen MR) is 115 cm³/mol. The number of nitrogens with zero attached hydrogens (tertiary/aromatic N) is 3. The molecule has 29 heavy (non-hydrogen) atoms. The van der Waals surface area contributed by atoms with Gasteiger partial charge >= 0.3 is 11.8 Å². The molecule has 0 saturated carbocycles. The molecule has 0 fully saturated rings. The summed E-state index contributed by atoms with van der Waals surface area (Å²) in [6.45, 7) is 2.34. The molecule has 0 spiro atoms. The van der Waals surface area contributed by atoms with Crippen molar-refractivity contribution in [1.82, 2.24) is 19.9 Å². The quantitative estimate of drug-likeness (QED) is 0.464. The number of aromatic nitrogens is 3. The normalized spacial score (nSPS) is 10.9.